The molecule has 3 rings (SSSR count). The van der Waals surface area contributed by atoms with Crippen LogP contribution in [0.15, 0.2) is 60.9 Å². The number of rotatable bonds is 4. The molecule has 8 heteroatoms. The van der Waals surface area contributed by atoms with E-state index in [2.05, 4.69) is 20.6 Å². The third kappa shape index (κ3) is 4.20. The summed E-state index contributed by atoms with van der Waals surface area (Å²) >= 11 is 5.76. The minimum absolute atomic E-state index is 0.0136. The van der Waals surface area contributed by atoms with E-state index in [1.165, 1.54) is 36.7 Å². The molecule has 0 fully saturated rings. The molecule has 6 nitrogen and oxygen atoms in total. The Bertz CT molecular complexity index is 946. The first-order valence-electron chi connectivity index (χ1n) is 7.48. The third-order valence-corrected chi connectivity index (χ3v) is 3.57. The molecule has 0 aliphatic rings. The molecule has 0 saturated carbocycles. The molecule has 0 saturated heterocycles. The van der Waals surface area contributed by atoms with Crippen molar-refractivity contribution in [1.82, 2.24) is 9.97 Å². The number of carbonyl (C=O) groups excluding carboxylic acids is 2. The lowest BCUT2D eigenvalue weighted by Gasteiger charge is -2.10. The molecule has 0 aliphatic carbocycles. The largest absolute Gasteiger partial charge is 0.320 e. The van der Waals surface area contributed by atoms with Crippen molar-refractivity contribution < 1.29 is 14.0 Å². The lowest BCUT2D eigenvalue weighted by Crippen LogP contribution is -2.20. The SMILES string of the molecule is O=C(Nc1cccnc1C(=O)Nc1ccc(Cl)cn1)c1ccc(F)cc1. The average molecular weight is 371 g/mol. The molecule has 2 aromatic heterocycles. The topological polar surface area (TPSA) is 84.0 Å². The fourth-order valence-corrected chi connectivity index (χ4v) is 2.22. The summed E-state index contributed by atoms with van der Waals surface area (Å²) in [4.78, 5) is 32.7. The van der Waals surface area contributed by atoms with Gasteiger partial charge in [-0.1, -0.05) is 11.6 Å². The molecule has 2 N–H and O–H groups in total. The molecular weight excluding hydrogens is 359 g/mol. The summed E-state index contributed by atoms with van der Waals surface area (Å²) in [5, 5.41) is 5.61. The number of hydrogen-bond acceptors (Lipinski definition) is 4. The van der Waals surface area contributed by atoms with E-state index < -0.39 is 17.6 Å². The lowest BCUT2D eigenvalue weighted by molar-refractivity contribution is 0.102. The standard InChI is InChI=1S/C18H12ClFN4O2/c19-12-5-8-15(22-10-12)24-18(26)16-14(2-1-9-21-16)23-17(25)11-3-6-13(20)7-4-11/h1-10H,(H,23,25)(H,22,24,26). The Balaban J connectivity index is 1.79. The van der Waals surface area contributed by atoms with Crippen LogP contribution >= 0.6 is 11.6 Å². The lowest BCUT2D eigenvalue weighted by atomic mass is 10.2. The van der Waals surface area contributed by atoms with E-state index in [1.807, 2.05) is 0 Å². The molecule has 2 heterocycles. The van der Waals surface area contributed by atoms with Crippen LogP contribution in [-0.2, 0) is 0 Å². The average Bonchev–Trinajstić information content (AvgIpc) is 2.64. The van der Waals surface area contributed by atoms with Crippen LogP contribution in [0.2, 0.25) is 5.02 Å². The summed E-state index contributed by atoms with van der Waals surface area (Å²) < 4.78 is 13.0. The minimum atomic E-state index is -0.546. The van der Waals surface area contributed by atoms with Gasteiger partial charge in [-0.15, -0.1) is 0 Å². The Kier molecular flexibility index (Phi) is 5.19. The van der Waals surface area contributed by atoms with E-state index in [0.717, 1.165) is 0 Å². The minimum Gasteiger partial charge on any atom is -0.320 e. The maximum atomic E-state index is 13.0. The highest BCUT2D eigenvalue weighted by atomic mass is 35.5. The van der Waals surface area contributed by atoms with E-state index in [9.17, 15) is 14.0 Å². The van der Waals surface area contributed by atoms with Crippen LogP contribution in [0.25, 0.3) is 0 Å². The van der Waals surface area contributed by atoms with E-state index in [0.29, 0.717) is 10.8 Å². The van der Waals surface area contributed by atoms with Gasteiger partial charge in [0.1, 0.15) is 11.6 Å². The molecule has 1 aromatic carbocycles. The smallest absolute Gasteiger partial charge is 0.277 e. The number of amides is 2. The monoisotopic (exact) mass is 370 g/mol. The van der Waals surface area contributed by atoms with Crippen LogP contribution < -0.4 is 10.6 Å². The fraction of sp³-hybridized carbons (Fsp3) is 0. The van der Waals surface area contributed by atoms with Crippen LogP contribution in [-0.4, -0.2) is 21.8 Å². The number of anilines is 2. The number of aromatic nitrogens is 2. The molecule has 0 atom stereocenters. The van der Waals surface area contributed by atoms with Crippen LogP contribution in [0.1, 0.15) is 20.8 Å². The molecule has 0 aliphatic heterocycles. The Morgan fingerprint density at radius 1 is 0.923 bits per heavy atom. The highest BCUT2D eigenvalue weighted by Crippen LogP contribution is 2.16. The molecule has 26 heavy (non-hydrogen) atoms. The highest BCUT2D eigenvalue weighted by Gasteiger charge is 2.16. The first kappa shape index (κ1) is 17.5. The van der Waals surface area contributed by atoms with E-state index >= 15 is 0 Å². The number of nitrogens with one attached hydrogen (secondary N) is 2. The molecule has 0 radical (unpaired) electrons. The van der Waals surface area contributed by atoms with E-state index in [-0.39, 0.29) is 16.9 Å². The maximum absolute atomic E-state index is 13.0. The zero-order valence-electron chi connectivity index (χ0n) is 13.2. The molecule has 2 amide bonds. The van der Waals surface area contributed by atoms with Gasteiger partial charge in [-0.2, -0.15) is 0 Å². The van der Waals surface area contributed by atoms with Gasteiger partial charge >= 0.3 is 0 Å². The van der Waals surface area contributed by atoms with E-state index in [1.54, 1.807) is 24.3 Å². The Labute approximate surface area is 153 Å². The second-order valence-corrected chi connectivity index (χ2v) is 5.61. The van der Waals surface area contributed by atoms with Gasteiger partial charge in [0.15, 0.2) is 5.69 Å². The summed E-state index contributed by atoms with van der Waals surface area (Å²) in [5.41, 5.74) is 0.481. The van der Waals surface area contributed by atoms with Gasteiger partial charge in [0, 0.05) is 18.0 Å². The summed E-state index contributed by atoms with van der Waals surface area (Å²) in [7, 11) is 0. The van der Waals surface area contributed by atoms with Crippen molar-refractivity contribution in [2.75, 3.05) is 10.6 Å². The third-order valence-electron chi connectivity index (χ3n) is 3.35. The van der Waals surface area contributed by atoms with Crippen molar-refractivity contribution in [3.05, 3.63) is 83.0 Å². The number of nitrogens with zero attached hydrogens (tertiary/aromatic N) is 2. The summed E-state index contributed by atoms with van der Waals surface area (Å²) in [6.07, 6.45) is 2.82. The molecule has 3 aromatic rings. The Hall–Kier alpha value is -3.32. The van der Waals surface area contributed by atoms with Crippen LogP contribution in [0.3, 0.4) is 0 Å². The second-order valence-electron chi connectivity index (χ2n) is 5.18. The van der Waals surface area contributed by atoms with Crippen molar-refractivity contribution in [2.45, 2.75) is 0 Å². The van der Waals surface area contributed by atoms with Crippen molar-refractivity contribution in [3.63, 3.8) is 0 Å². The normalized spacial score (nSPS) is 10.2. The van der Waals surface area contributed by atoms with Crippen molar-refractivity contribution in [1.29, 1.82) is 0 Å². The number of pyridine rings is 2. The molecule has 130 valence electrons. The van der Waals surface area contributed by atoms with Gasteiger partial charge in [0.2, 0.25) is 0 Å². The van der Waals surface area contributed by atoms with Gasteiger partial charge in [-0.25, -0.2) is 14.4 Å². The van der Waals surface area contributed by atoms with Crippen molar-refractivity contribution in [3.8, 4) is 0 Å². The van der Waals surface area contributed by atoms with Crippen LogP contribution in [0.5, 0.6) is 0 Å². The van der Waals surface area contributed by atoms with Gasteiger partial charge in [-0.05, 0) is 48.5 Å². The van der Waals surface area contributed by atoms with Crippen molar-refractivity contribution in [2.24, 2.45) is 0 Å². The molecule has 0 bridgehead atoms. The number of halogens is 2. The number of benzene rings is 1. The zero-order chi connectivity index (χ0) is 18.5. The van der Waals surface area contributed by atoms with Gasteiger partial charge < -0.3 is 10.6 Å². The first-order chi connectivity index (χ1) is 12.5. The van der Waals surface area contributed by atoms with Gasteiger partial charge in [-0.3, -0.25) is 9.59 Å². The first-order valence-corrected chi connectivity index (χ1v) is 7.85. The Morgan fingerprint density at radius 2 is 1.69 bits per heavy atom. The van der Waals surface area contributed by atoms with Crippen LogP contribution in [0, 0.1) is 5.82 Å². The maximum Gasteiger partial charge on any atom is 0.277 e. The van der Waals surface area contributed by atoms with Gasteiger partial charge in [0.25, 0.3) is 11.8 Å². The predicted octanol–water partition coefficient (Wildman–Crippen LogP) is 3.77. The fourth-order valence-electron chi connectivity index (χ4n) is 2.11. The summed E-state index contributed by atoms with van der Waals surface area (Å²) in [5.74, 6) is -1.19. The number of hydrogen-bond donors (Lipinski definition) is 2. The predicted molar refractivity (Wildman–Crippen MR) is 95.8 cm³/mol. The summed E-state index contributed by atoms with van der Waals surface area (Å²) in [6.45, 7) is 0. The zero-order valence-corrected chi connectivity index (χ0v) is 14.0. The highest BCUT2D eigenvalue weighted by molar-refractivity contribution is 6.30. The summed E-state index contributed by atoms with van der Waals surface area (Å²) in [6, 6.07) is 11.3. The molecule has 0 unspecified atom stereocenters. The molecular formula is C18H12ClFN4O2. The van der Waals surface area contributed by atoms with Gasteiger partial charge in [0.05, 0.1) is 10.7 Å². The van der Waals surface area contributed by atoms with Crippen LogP contribution in [0.4, 0.5) is 15.9 Å². The number of carbonyl (C=O) groups is 2. The quantitative estimate of drug-likeness (QED) is 0.732. The molecule has 0 spiro atoms. The van der Waals surface area contributed by atoms with Crippen molar-refractivity contribution >= 4 is 34.9 Å². The van der Waals surface area contributed by atoms with E-state index in [4.69, 9.17) is 11.6 Å². The Morgan fingerprint density at radius 3 is 2.38 bits per heavy atom. The second kappa shape index (κ2) is 7.71.